The van der Waals surface area contributed by atoms with E-state index < -0.39 is 15.9 Å². The van der Waals surface area contributed by atoms with Gasteiger partial charge in [-0.15, -0.1) is 0 Å². The second-order valence-corrected chi connectivity index (χ2v) is 9.65. The molecule has 0 saturated carbocycles. The van der Waals surface area contributed by atoms with Crippen molar-refractivity contribution < 1.29 is 22.7 Å². The second kappa shape index (κ2) is 11.2. The van der Waals surface area contributed by atoms with Crippen LogP contribution in [0.1, 0.15) is 24.5 Å². The summed E-state index contributed by atoms with van der Waals surface area (Å²) in [6.07, 6.45) is 3.58. The third-order valence-electron chi connectivity index (χ3n) is 4.92. The van der Waals surface area contributed by atoms with Crippen LogP contribution in [0.25, 0.3) is 6.08 Å². The summed E-state index contributed by atoms with van der Waals surface area (Å²) >= 11 is 6.25. The smallest absolute Gasteiger partial charge is 0.271 e. The molecule has 0 spiro atoms. The molecule has 0 aliphatic heterocycles. The van der Waals surface area contributed by atoms with E-state index in [1.807, 2.05) is 26.0 Å². The van der Waals surface area contributed by atoms with E-state index in [1.54, 1.807) is 24.3 Å². The first-order chi connectivity index (χ1) is 16.3. The lowest BCUT2D eigenvalue weighted by atomic mass is 10.2. The van der Waals surface area contributed by atoms with Crippen LogP contribution in [-0.2, 0) is 14.8 Å². The molecule has 0 heterocycles. The number of aryl methyl sites for hydroxylation is 1. The fourth-order valence-electron chi connectivity index (χ4n) is 3.17. The second-order valence-electron chi connectivity index (χ2n) is 7.46. The Morgan fingerprint density at radius 1 is 1.03 bits per heavy atom. The number of sulfonamides is 1. The minimum atomic E-state index is -4.23. The summed E-state index contributed by atoms with van der Waals surface area (Å²) in [6.45, 7) is 4.37. The number of hydrogen-bond acceptors (Lipinski definition) is 5. The van der Waals surface area contributed by atoms with Crippen LogP contribution in [0.2, 0.25) is 5.02 Å². The Morgan fingerprint density at radius 3 is 2.38 bits per heavy atom. The van der Waals surface area contributed by atoms with Crippen LogP contribution in [0.5, 0.6) is 11.5 Å². The molecular weight excluding hydrogens is 474 g/mol. The van der Waals surface area contributed by atoms with Crippen molar-refractivity contribution in [1.82, 2.24) is 0 Å². The molecule has 0 aliphatic carbocycles. The van der Waals surface area contributed by atoms with Crippen LogP contribution in [0.3, 0.4) is 0 Å². The quantitative estimate of drug-likeness (QED) is 0.344. The Bertz CT molecular complexity index is 1290. The van der Waals surface area contributed by atoms with Crippen LogP contribution >= 0.6 is 11.6 Å². The largest absolute Gasteiger partial charge is 0.495 e. The summed E-state index contributed by atoms with van der Waals surface area (Å²) in [5, 5.41) is 0.180. The minimum absolute atomic E-state index is 0.0153. The number of rotatable bonds is 9. The van der Waals surface area contributed by atoms with E-state index in [0.717, 1.165) is 16.3 Å². The Morgan fingerprint density at radius 2 is 1.74 bits per heavy atom. The highest BCUT2D eigenvalue weighted by Gasteiger charge is 2.30. The molecule has 3 aromatic rings. The monoisotopic (exact) mass is 499 g/mol. The molecule has 3 rings (SSSR count). The van der Waals surface area contributed by atoms with Gasteiger partial charge < -0.3 is 9.47 Å². The number of carbonyl (C=O) groups is 1. The zero-order valence-corrected chi connectivity index (χ0v) is 20.8. The number of benzene rings is 3. The average molecular weight is 500 g/mol. The summed E-state index contributed by atoms with van der Waals surface area (Å²) in [5.74, 6) is 0.212. The van der Waals surface area contributed by atoms with Gasteiger partial charge in [0.15, 0.2) is 0 Å². The van der Waals surface area contributed by atoms with Crippen LogP contribution in [0, 0.1) is 6.92 Å². The van der Waals surface area contributed by atoms with E-state index in [4.69, 9.17) is 21.1 Å². The highest BCUT2D eigenvalue weighted by atomic mass is 35.5. The zero-order chi connectivity index (χ0) is 24.7. The molecule has 0 saturated heterocycles. The molecule has 6 nitrogen and oxygen atoms in total. The average Bonchev–Trinajstić information content (AvgIpc) is 2.82. The van der Waals surface area contributed by atoms with Crippen molar-refractivity contribution in [2.75, 3.05) is 18.0 Å². The third-order valence-corrected chi connectivity index (χ3v) is 6.95. The number of anilines is 1. The first-order valence-electron chi connectivity index (χ1n) is 10.7. The molecule has 3 aromatic carbocycles. The van der Waals surface area contributed by atoms with Crippen LogP contribution in [0.4, 0.5) is 5.69 Å². The van der Waals surface area contributed by atoms with Crippen molar-refractivity contribution in [3.8, 4) is 11.5 Å². The topological polar surface area (TPSA) is 72.9 Å². The van der Waals surface area contributed by atoms with E-state index in [2.05, 4.69) is 0 Å². The Balaban J connectivity index is 2.05. The van der Waals surface area contributed by atoms with Crippen molar-refractivity contribution >= 4 is 39.3 Å². The molecule has 0 N–H and O–H groups in total. The van der Waals surface area contributed by atoms with Crippen molar-refractivity contribution in [2.45, 2.75) is 25.2 Å². The molecule has 0 radical (unpaired) electrons. The predicted octanol–water partition coefficient (Wildman–Crippen LogP) is 5.88. The molecule has 0 fully saturated rings. The zero-order valence-electron chi connectivity index (χ0n) is 19.2. The summed E-state index contributed by atoms with van der Waals surface area (Å²) in [4.78, 5) is 13.3. The highest BCUT2D eigenvalue weighted by Crippen LogP contribution is 2.32. The summed E-state index contributed by atoms with van der Waals surface area (Å²) in [7, 11) is -2.78. The van der Waals surface area contributed by atoms with Gasteiger partial charge in [-0.05, 0) is 55.8 Å². The van der Waals surface area contributed by atoms with E-state index in [1.165, 1.54) is 49.6 Å². The molecule has 1 amide bonds. The molecule has 34 heavy (non-hydrogen) atoms. The van der Waals surface area contributed by atoms with E-state index >= 15 is 0 Å². The van der Waals surface area contributed by atoms with Gasteiger partial charge in [0.1, 0.15) is 11.5 Å². The summed E-state index contributed by atoms with van der Waals surface area (Å²) < 4.78 is 38.7. The number of para-hydroxylation sites is 1. The van der Waals surface area contributed by atoms with Gasteiger partial charge in [-0.2, -0.15) is 4.31 Å². The van der Waals surface area contributed by atoms with Gasteiger partial charge in [0.25, 0.3) is 15.9 Å². The standard InChI is InChI=1S/C26H26ClNO5S/c1-4-17-33-24-8-6-5-7-20(24)11-16-26(29)28(21-12-15-25(32-3)23(27)18-21)34(30,31)22-13-9-19(2)10-14-22/h5-16,18H,4,17H2,1-3H3/b16-11+. The van der Waals surface area contributed by atoms with Crippen LogP contribution < -0.4 is 13.8 Å². The maximum atomic E-state index is 13.5. The number of carbonyl (C=O) groups excluding carboxylic acids is 1. The van der Waals surface area contributed by atoms with Gasteiger partial charge in [0.05, 0.1) is 29.3 Å². The first-order valence-corrected chi connectivity index (χ1v) is 12.5. The molecule has 0 aliphatic rings. The SMILES string of the molecule is CCCOc1ccccc1/C=C/C(=O)N(c1ccc(OC)c(Cl)c1)S(=O)(=O)c1ccc(C)cc1. The Hall–Kier alpha value is -3.29. The highest BCUT2D eigenvalue weighted by molar-refractivity contribution is 7.93. The van der Waals surface area contributed by atoms with Gasteiger partial charge in [-0.3, -0.25) is 4.79 Å². The van der Waals surface area contributed by atoms with E-state index in [0.29, 0.717) is 23.7 Å². The van der Waals surface area contributed by atoms with Crippen molar-refractivity contribution in [3.05, 3.63) is 89.0 Å². The molecule has 0 unspecified atom stereocenters. The minimum Gasteiger partial charge on any atom is -0.495 e. The van der Waals surface area contributed by atoms with E-state index in [9.17, 15) is 13.2 Å². The Labute approximate surface area is 205 Å². The number of amides is 1. The lowest BCUT2D eigenvalue weighted by molar-refractivity contribution is -0.113. The number of hydrogen-bond donors (Lipinski definition) is 0. The number of nitrogens with zero attached hydrogens (tertiary/aromatic N) is 1. The molecule has 0 atom stereocenters. The number of halogens is 1. The summed E-state index contributed by atoms with van der Waals surface area (Å²) in [5.41, 5.74) is 1.65. The summed E-state index contributed by atoms with van der Waals surface area (Å²) in [6, 6.07) is 17.9. The van der Waals surface area contributed by atoms with Crippen molar-refractivity contribution in [3.63, 3.8) is 0 Å². The number of methoxy groups -OCH3 is 1. The maximum absolute atomic E-state index is 13.5. The first kappa shape index (κ1) is 25.3. The molecule has 0 aromatic heterocycles. The molecular formula is C26H26ClNO5S. The van der Waals surface area contributed by atoms with E-state index in [-0.39, 0.29) is 15.6 Å². The third kappa shape index (κ3) is 5.79. The van der Waals surface area contributed by atoms with Gasteiger partial charge in [-0.1, -0.05) is 54.4 Å². The molecule has 8 heteroatoms. The molecule has 0 bridgehead atoms. The lowest BCUT2D eigenvalue weighted by Gasteiger charge is -2.22. The molecule has 178 valence electrons. The van der Waals surface area contributed by atoms with Gasteiger partial charge in [0, 0.05) is 11.6 Å². The Kier molecular flexibility index (Phi) is 8.36. The van der Waals surface area contributed by atoms with Crippen molar-refractivity contribution in [2.24, 2.45) is 0 Å². The number of ether oxygens (including phenoxy) is 2. The maximum Gasteiger partial charge on any atom is 0.271 e. The fraction of sp³-hybridized carbons (Fsp3) is 0.192. The fourth-order valence-corrected chi connectivity index (χ4v) is 4.80. The lowest BCUT2D eigenvalue weighted by Crippen LogP contribution is -2.35. The van der Waals surface area contributed by atoms with Gasteiger partial charge in [0.2, 0.25) is 0 Å². The normalized spacial score (nSPS) is 11.4. The van der Waals surface area contributed by atoms with Crippen LogP contribution in [0.15, 0.2) is 77.7 Å². The van der Waals surface area contributed by atoms with Gasteiger partial charge in [-0.25, -0.2) is 8.42 Å². The van der Waals surface area contributed by atoms with Gasteiger partial charge >= 0.3 is 0 Å². The van der Waals surface area contributed by atoms with Crippen LogP contribution in [-0.4, -0.2) is 28.0 Å². The predicted molar refractivity (Wildman–Crippen MR) is 135 cm³/mol. The van der Waals surface area contributed by atoms with Crippen molar-refractivity contribution in [1.29, 1.82) is 0 Å².